The highest BCUT2D eigenvalue weighted by Crippen LogP contribution is 2.33. The van der Waals surface area contributed by atoms with Gasteiger partial charge in [0.15, 0.2) is 0 Å². The molecular formula is C16H17F3N2O2. The van der Waals surface area contributed by atoms with Gasteiger partial charge < -0.3 is 9.26 Å². The number of hydrogen-bond donors (Lipinski definition) is 0. The predicted molar refractivity (Wildman–Crippen MR) is 76.8 cm³/mol. The Labute approximate surface area is 131 Å². The summed E-state index contributed by atoms with van der Waals surface area (Å²) in [6, 6.07) is 8.12. The van der Waals surface area contributed by atoms with Gasteiger partial charge in [0, 0.05) is 12.6 Å². The Morgan fingerprint density at radius 2 is 2.04 bits per heavy atom. The second-order valence-electron chi connectivity index (χ2n) is 5.68. The average Bonchev–Trinajstić information content (AvgIpc) is 3.08. The summed E-state index contributed by atoms with van der Waals surface area (Å²) in [6.45, 7) is 3.44. The lowest BCUT2D eigenvalue weighted by molar-refractivity contribution is -0.274. The monoisotopic (exact) mass is 326 g/mol. The average molecular weight is 326 g/mol. The van der Waals surface area contributed by atoms with Gasteiger partial charge in [0.25, 0.3) is 0 Å². The van der Waals surface area contributed by atoms with Crippen molar-refractivity contribution in [2.75, 3.05) is 6.54 Å². The second kappa shape index (κ2) is 6.23. The smallest absolute Gasteiger partial charge is 0.406 e. The van der Waals surface area contributed by atoms with Crippen molar-refractivity contribution in [3.63, 3.8) is 0 Å². The zero-order valence-corrected chi connectivity index (χ0v) is 12.6. The van der Waals surface area contributed by atoms with Crippen LogP contribution in [0, 0.1) is 6.92 Å². The van der Waals surface area contributed by atoms with Crippen molar-refractivity contribution < 1.29 is 22.4 Å². The molecule has 0 spiro atoms. The Balaban J connectivity index is 1.66. The number of benzene rings is 1. The lowest BCUT2D eigenvalue weighted by atomic mass is 10.1. The van der Waals surface area contributed by atoms with Crippen LogP contribution in [-0.2, 0) is 6.54 Å². The fourth-order valence-corrected chi connectivity index (χ4v) is 2.92. The van der Waals surface area contributed by atoms with Crippen LogP contribution >= 0.6 is 0 Å². The van der Waals surface area contributed by atoms with Crippen LogP contribution in [0.5, 0.6) is 5.75 Å². The summed E-state index contributed by atoms with van der Waals surface area (Å²) in [7, 11) is 0. The van der Waals surface area contributed by atoms with Crippen LogP contribution in [0.1, 0.15) is 35.9 Å². The van der Waals surface area contributed by atoms with Gasteiger partial charge in [-0.3, -0.25) is 4.90 Å². The fraction of sp³-hybridized carbons (Fsp3) is 0.438. The van der Waals surface area contributed by atoms with E-state index in [2.05, 4.69) is 14.8 Å². The number of likely N-dealkylation sites (tertiary alicyclic amines) is 1. The maximum Gasteiger partial charge on any atom is 0.573 e. The van der Waals surface area contributed by atoms with E-state index in [0.29, 0.717) is 6.54 Å². The van der Waals surface area contributed by atoms with Crippen LogP contribution in [-0.4, -0.2) is 23.0 Å². The quantitative estimate of drug-likeness (QED) is 0.843. The van der Waals surface area contributed by atoms with Crippen LogP contribution in [0.2, 0.25) is 0 Å². The molecule has 2 aromatic rings. The molecule has 7 heteroatoms. The molecule has 2 heterocycles. The van der Waals surface area contributed by atoms with Crippen molar-refractivity contribution in [2.45, 2.75) is 38.7 Å². The number of aromatic nitrogens is 1. The van der Waals surface area contributed by atoms with Gasteiger partial charge in [-0.1, -0.05) is 17.3 Å². The van der Waals surface area contributed by atoms with Crippen molar-refractivity contribution >= 4 is 0 Å². The standard InChI is InChI=1S/C16H17F3N2O2/c1-11-9-14(20-23-11)15-3-2-8-21(15)10-12-4-6-13(7-5-12)22-16(17,18)19/h4-7,9,15H,2-3,8,10H2,1H3. The number of halogens is 3. The maximum absolute atomic E-state index is 12.2. The summed E-state index contributed by atoms with van der Waals surface area (Å²) in [5.41, 5.74) is 1.85. The predicted octanol–water partition coefficient (Wildman–Crippen LogP) is 4.22. The number of rotatable bonds is 4. The van der Waals surface area contributed by atoms with E-state index in [1.807, 2.05) is 13.0 Å². The van der Waals surface area contributed by atoms with Crippen molar-refractivity contribution in [3.05, 3.63) is 47.3 Å². The topological polar surface area (TPSA) is 38.5 Å². The number of aryl methyl sites for hydroxylation is 1. The van der Waals surface area contributed by atoms with Gasteiger partial charge in [0.1, 0.15) is 17.2 Å². The van der Waals surface area contributed by atoms with E-state index < -0.39 is 6.36 Å². The van der Waals surface area contributed by atoms with Gasteiger partial charge >= 0.3 is 6.36 Å². The minimum atomic E-state index is -4.66. The highest BCUT2D eigenvalue weighted by Gasteiger charge is 2.31. The van der Waals surface area contributed by atoms with E-state index >= 15 is 0 Å². The van der Waals surface area contributed by atoms with E-state index in [0.717, 1.165) is 36.4 Å². The highest BCUT2D eigenvalue weighted by atomic mass is 19.4. The third-order valence-corrected chi connectivity index (χ3v) is 3.89. The molecule has 23 heavy (non-hydrogen) atoms. The molecule has 1 aromatic carbocycles. The van der Waals surface area contributed by atoms with Gasteiger partial charge in [-0.05, 0) is 44.0 Å². The molecule has 0 radical (unpaired) electrons. The first kappa shape index (κ1) is 15.9. The molecule has 3 rings (SSSR count). The van der Waals surface area contributed by atoms with Crippen LogP contribution in [0.4, 0.5) is 13.2 Å². The molecule has 0 amide bonds. The second-order valence-corrected chi connectivity index (χ2v) is 5.68. The molecule has 1 aliphatic rings. The highest BCUT2D eigenvalue weighted by molar-refractivity contribution is 5.27. The van der Waals surface area contributed by atoms with Gasteiger partial charge in [-0.25, -0.2) is 0 Å². The number of ether oxygens (including phenoxy) is 1. The molecule has 124 valence electrons. The lowest BCUT2D eigenvalue weighted by Gasteiger charge is -2.22. The molecule has 1 atom stereocenters. The van der Waals surface area contributed by atoms with E-state index in [4.69, 9.17) is 4.52 Å². The molecular weight excluding hydrogens is 309 g/mol. The summed E-state index contributed by atoms with van der Waals surface area (Å²) in [5, 5.41) is 4.08. The Morgan fingerprint density at radius 1 is 1.30 bits per heavy atom. The molecule has 0 saturated carbocycles. The van der Waals surface area contributed by atoms with Crippen LogP contribution in [0.25, 0.3) is 0 Å². The largest absolute Gasteiger partial charge is 0.573 e. The number of hydrogen-bond acceptors (Lipinski definition) is 4. The van der Waals surface area contributed by atoms with Crippen molar-refractivity contribution in [3.8, 4) is 5.75 Å². The fourth-order valence-electron chi connectivity index (χ4n) is 2.92. The first-order valence-corrected chi connectivity index (χ1v) is 7.43. The van der Waals surface area contributed by atoms with Crippen molar-refractivity contribution in [1.29, 1.82) is 0 Å². The van der Waals surface area contributed by atoms with Crippen LogP contribution in [0.3, 0.4) is 0 Å². The van der Waals surface area contributed by atoms with E-state index in [1.165, 1.54) is 12.1 Å². The molecule has 1 aliphatic heterocycles. The summed E-state index contributed by atoms with van der Waals surface area (Å²) >= 11 is 0. The van der Waals surface area contributed by atoms with Gasteiger partial charge in [0.2, 0.25) is 0 Å². The zero-order chi connectivity index (χ0) is 16.4. The van der Waals surface area contributed by atoms with Crippen molar-refractivity contribution in [1.82, 2.24) is 10.1 Å². The normalized spacial score (nSPS) is 19.2. The Hall–Kier alpha value is -2.02. The summed E-state index contributed by atoms with van der Waals surface area (Å²) in [4.78, 5) is 2.26. The Kier molecular flexibility index (Phi) is 4.30. The zero-order valence-electron chi connectivity index (χ0n) is 12.6. The Bertz CT molecular complexity index is 652. The molecule has 0 aliphatic carbocycles. The molecule has 4 nitrogen and oxygen atoms in total. The molecule has 1 aromatic heterocycles. The van der Waals surface area contributed by atoms with E-state index in [-0.39, 0.29) is 11.8 Å². The van der Waals surface area contributed by atoms with Gasteiger partial charge in [0.05, 0.1) is 6.04 Å². The third-order valence-electron chi connectivity index (χ3n) is 3.89. The first-order valence-electron chi connectivity index (χ1n) is 7.43. The van der Waals surface area contributed by atoms with Crippen molar-refractivity contribution in [2.24, 2.45) is 0 Å². The summed E-state index contributed by atoms with van der Waals surface area (Å²) in [6.07, 6.45) is -2.60. The maximum atomic E-state index is 12.2. The van der Waals surface area contributed by atoms with Crippen LogP contribution < -0.4 is 4.74 Å². The van der Waals surface area contributed by atoms with Gasteiger partial charge in [-0.15, -0.1) is 13.2 Å². The van der Waals surface area contributed by atoms with Crippen LogP contribution in [0.15, 0.2) is 34.9 Å². The summed E-state index contributed by atoms with van der Waals surface area (Å²) in [5.74, 6) is 0.576. The number of alkyl halides is 3. The molecule has 1 saturated heterocycles. The minimum absolute atomic E-state index is 0.193. The number of nitrogens with zero attached hydrogens (tertiary/aromatic N) is 2. The molecule has 0 N–H and O–H groups in total. The molecule has 1 fully saturated rings. The minimum Gasteiger partial charge on any atom is -0.406 e. The summed E-state index contributed by atoms with van der Waals surface area (Å²) < 4.78 is 45.5. The lowest BCUT2D eigenvalue weighted by Crippen LogP contribution is -2.23. The SMILES string of the molecule is Cc1cc(C2CCCN2Cc2ccc(OC(F)(F)F)cc2)no1. The molecule has 0 bridgehead atoms. The van der Waals surface area contributed by atoms with Gasteiger partial charge in [-0.2, -0.15) is 0 Å². The van der Waals surface area contributed by atoms with E-state index in [1.54, 1.807) is 12.1 Å². The third kappa shape index (κ3) is 4.04. The first-order chi connectivity index (χ1) is 10.9. The van der Waals surface area contributed by atoms with E-state index in [9.17, 15) is 13.2 Å². The Morgan fingerprint density at radius 3 is 2.65 bits per heavy atom. The molecule has 1 unspecified atom stereocenters.